The van der Waals surface area contributed by atoms with E-state index in [-0.39, 0.29) is 17.6 Å². The number of benzene rings is 1. The van der Waals surface area contributed by atoms with Crippen LogP contribution < -0.4 is 10.1 Å². The van der Waals surface area contributed by atoms with Gasteiger partial charge in [0.05, 0.1) is 24.5 Å². The van der Waals surface area contributed by atoms with Crippen molar-refractivity contribution in [2.75, 3.05) is 19.0 Å². The first-order valence-electron chi connectivity index (χ1n) is 6.99. The molecular weight excluding hydrogens is 252 g/mol. The zero-order valence-corrected chi connectivity index (χ0v) is 12.6. The first-order chi connectivity index (χ1) is 9.54. The van der Waals surface area contributed by atoms with Crippen molar-refractivity contribution in [2.45, 2.75) is 39.3 Å². The molecule has 1 aliphatic rings. The van der Waals surface area contributed by atoms with Gasteiger partial charge < -0.3 is 14.8 Å². The highest BCUT2D eigenvalue weighted by Crippen LogP contribution is 2.45. The summed E-state index contributed by atoms with van der Waals surface area (Å²) in [4.78, 5) is 0. The molecule has 1 N–H and O–H groups in total. The molecule has 1 fully saturated rings. The Labute approximate surface area is 120 Å². The summed E-state index contributed by atoms with van der Waals surface area (Å²) in [6, 6.07) is 8.00. The van der Waals surface area contributed by atoms with E-state index in [1.54, 1.807) is 13.2 Å². The molecule has 1 aliphatic carbocycles. The van der Waals surface area contributed by atoms with Gasteiger partial charge in [-0.3, -0.25) is 0 Å². The molecule has 0 heterocycles. The van der Waals surface area contributed by atoms with Crippen LogP contribution in [-0.2, 0) is 4.74 Å². The second-order valence-corrected chi connectivity index (χ2v) is 5.69. The van der Waals surface area contributed by atoms with Crippen LogP contribution in [0, 0.1) is 16.7 Å². The Balaban J connectivity index is 2.18. The smallest absolute Gasteiger partial charge is 0.143 e. The maximum atomic E-state index is 9.24. The summed E-state index contributed by atoms with van der Waals surface area (Å²) < 4.78 is 11.1. The lowest BCUT2D eigenvalue weighted by molar-refractivity contribution is -0.0976. The number of nitriles is 1. The Morgan fingerprint density at radius 3 is 2.75 bits per heavy atom. The number of nitrogens with zero attached hydrogens (tertiary/aromatic N) is 1. The largest absolute Gasteiger partial charge is 0.495 e. The third-order valence-electron chi connectivity index (χ3n) is 4.23. The van der Waals surface area contributed by atoms with Gasteiger partial charge in [0, 0.05) is 18.1 Å². The van der Waals surface area contributed by atoms with Crippen LogP contribution in [0.3, 0.4) is 0 Å². The molecule has 0 spiro atoms. The first kappa shape index (κ1) is 14.7. The molecule has 0 aromatic heterocycles. The van der Waals surface area contributed by atoms with Gasteiger partial charge in [-0.15, -0.1) is 0 Å². The van der Waals surface area contributed by atoms with Gasteiger partial charge in [-0.2, -0.15) is 5.26 Å². The number of nitrogens with one attached hydrogen (secondary N) is 1. The van der Waals surface area contributed by atoms with Crippen LogP contribution in [0.1, 0.15) is 32.8 Å². The van der Waals surface area contributed by atoms with Crippen LogP contribution in [0.2, 0.25) is 0 Å². The van der Waals surface area contributed by atoms with Crippen molar-refractivity contribution in [3.05, 3.63) is 23.8 Å². The number of rotatable bonds is 5. The summed E-state index contributed by atoms with van der Waals surface area (Å²) >= 11 is 0. The second-order valence-electron chi connectivity index (χ2n) is 5.69. The van der Waals surface area contributed by atoms with E-state index in [0.29, 0.717) is 11.3 Å². The van der Waals surface area contributed by atoms with Gasteiger partial charge in [-0.1, -0.05) is 19.9 Å². The number of ether oxygens (including phenoxy) is 2. The normalized spacial score (nSPS) is 23.6. The zero-order valence-electron chi connectivity index (χ0n) is 12.6. The Morgan fingerprint density at radius 2 is 2.20 bits per heavy atom. The quantitative estimate of drug-likeness (QED) is 0.896. The topological polar surface area (TPSA) is 54.3 Å². The van der Waals surface area contributed by atoms with Crippen molar-refractivity contribution in [2.24, 2.45) is 5.41 Å². The van der Waals surface area contributed by atoms with Gasteiger partial charge in [0.1, 0.15) is 11.8 Å². The second kappa shape index (κ2) is 5.72. The molecule has 2 rings (SSSR count). The first-order valence-corrected chi connectivity index (χ1v) is 6.99. The van der Waals surface area contributed by atoms with Crippen LogP contribution in [0.5, 0.6) is 5.75 Å². The highest BCUT2D eigenvalue weighted by Gasteiger charge is 2.49. The molecule has 1 aromatic carbocycles. The van der Waals surface area contributed by atoms with Gasteiger partial charge in [0.2, 0.25) is 0 Å². The van der Waals surface area contributed by atoms with Crippen LogP contribution in [0.15, 0.2) is 18.2 Å². The highest BCUT2D eigenvalue weighted by atomic mass is 16.5. The zero-order chi connectivity index (χ0) is 14.8. The number of methoxy groups -OCH3 is 1. The summed E-state index contributed by atoms with van der Waals surface area (Å²) in [5, 5.41) is 12.7. The number of hydrogen-bond donors (Lipinski definition) is 1. The average molecular weight is 274 g/mol. The highest BCUT2D eigenvalue weighted by molar-refractivity contribution is 5.67. The lowest BCUT2D eigenvalue weighted by atomic mass is 9.64. The van der Waals surface area contributed by atoms with E-state index >= 15 is 0 Å². The van der Waals surface area contributed by atoms with Gasteiger partial charge in [0.15, 0.2) is 0 Å². The summed E-state index contributed by atoms with van der Waals surface area (Å²) in [5.41, 5.74) is 1.44. The Hall–Kier alpha value is -1.73. The number of anilines is 1. The van der Waals surface area contributed by atoms with Crippen LogP contribution in [0.4, 0.5) is 5.69 Å². The molecule has 4 nitrogen and oxygen atoms in total. The van der Waals surface area contributed by atoms with Crippen molar-refractivity contribution in [1.82, 2.24) is 0 Å². The van der Waals surface area contributed by atoms with Crippen molar-refractivity contribution in [1.29, 1.82) is 5.26 Å². The standard InChI is InChI=1S/C16H22N2O2/c1-5-20-14-9-13(16(14,2)3)18-15-11(10-17)7-6-8-12(15)19-4/h6-8,13-14,18H,5,9H2,1-4H3. The molecule has 0 amide bonds. The number of para-hydroxylation sites is 1. The van der Waals surface area contributed by atoms with Gasteiger partial charge in [0.25, 0.3) is 0 Å². The molecule has 1 saturated carbocycles. The van der Waals surface area contributed by atoms with E-state index in [1.807, 2.05) is 19.1 Å². The predicted molar refractivity (Wildman–Crippen MR) is 78.9 cm³/mol. The van der Waals surface area contributed by atoms with E-state index in [2.05, 4.69) is 25.2 Å². The monoisotopic (exact) mass is 274 g/mol. The molecule has 0 bridgehead atoms. The average Bonchev–Trinajstić information content (AvgIpc) is 2.46. The summed E-state index contributed by atoms with van der Waals surface area (Å²) in [7, 11) is 1.62. The molecule has 4 heteroatoms. The Bertz CT molecular complexity index is 520. The van der Waals surface area contributed by atoms with Gasteiger partial charge >= 0.3 is 0 Å². The molecule has 108 valence electrons. The molecule has 0 aliphatic heterocycles. The maximum Gasteiger partial charge on any atom is 0.143 e. The minimum Gasteiger partial charge on any atom is -0.495 e. The SMILES string of the molecule is CCOC1CC(Nc2c(C#N)cccc2OC)C1(C)C. The third kappa shape index (κ3) is 2.46. The minimum absolute atomic E-state index is 0.0452. The van der Waals surface area contributed by atoms with Crippen molar-refractivity contribution in [3.63, 3.8) is 0 Å². The predicted octanol–water partition coefficient (Wildman–Crippen LogP) is 3.18. The van der Waals surface area contributed by atoms with E-state index in [4.69, 9.17) is 9.47 Å². The fourth-order valence-electron chi connectivity index (χ4n) is 2.73. The summed E-state index contributed by atoms with van der Waals surface area (Å²) in [6.07, 6.45) is 1.22. The van der Waals surface area contributed by atoms with Crippen LogP contribution in [0.25, 0.3) is 0 Å². The maximum absolute atomic E-state index is 9.24. The van der Waals surface area contributed by atoms with Crippen molar-refractivity contribution >= 4 is 5.69 Å². The number of hydrogen-bond acceptors (Lipinski definition) is 4. The summed E-state index contributed by atoms with van der Waals surface area (Å²) in [6.45, 7) is 7.13. The molecule has 20 heavy (non-hydrogen) atoms. The molecule has 2 atom stereocenters. The van der Waals surface area contributed by atoms with Gasteiger partial charge in [-0.25, -0.2) is 0 Å². The van der Waals surface area contributed by atoms with Crippen LogP contribution in [-0.4, -0.2) is 25.9 Å². The Morgan fingerprint density at radius 1 is 1.45 bits per heavy atom. The lowest BCUT2D eigenvalue weighted by Gasteiger charge is -2.52. The van der Waals surface area contributed by atoms with Crippen molar-refractivity contribution in [3.8, 4) is 11.8 Å². The minimum atomic E-state index is 0.0452. The summed E-state index contributed by atoms with van der Waals surface area (Å²) in [5.74, 6) is 0.708. The molecule has 2 unspecified atom stereocenters. The van der Waals surface area contributed by atoms with E-state index in [0.717, 1.165) is 18.7 Å². The molecule has 0 saturated heterocycles. The molecule has 1 aromatic rings. The van der Waals surface area contributed by atoms with Gasteiger partial charge in [-0.05, 0) is 25.5 Å². The Kier molecular flexibility index (Phi) is 4.20. The fraction of sp³-hybridized carbons (Fsp3) is 0.562. The third-order valence-corrected chi connectivity index (χ3v) is 4.23. The molecular formula is C16H22N2O2. The van der Waals surface area contributed by atoms with E-state index < -0.39 is 0 Å². The van der Waals surface area contributed by atoms with E-state index in [9.17, 15) is 5.26 Å². The lowest BCUT2D eigenvalue weighted by Crippen LogP contribution is -2.58. The fourth-order valence-corrected chi connectivity index (χ4v) is 2.73. The van der Waals surface area contributed by atoms with E-state index in [1.165, 1.54) is 0 Å². The van der Waals surface area contributed by atoms with Crippen LogP contribution >= 0.6 is 0 Å². The van der Waals surface area contributed by atoms with Crippen molar-refractivity contribution < 1.29 is 9.47 Å². The molecule has 0 radical (unpaired) electrons.